The molecule has 0 saturated heterocycles. The molecule has 0 saturated carbocycles. The standard InChI is InChI=1S/C21H19F3N4O2/c22-21(23,24)30-18-6-2-1-5-17(18)27-20(25)26-13-15-8-10-16(11-9-15)14-28-12-4-3-7-19(28)29/h1-12H,13-14H2,(H3,25,26,27). The highest BCUT2D eigenvalue weighted by molar-refractivity contribution is 5.93. The lowest BCUT2D eigenvalue weighted by molar-refractivity contribution is -0.274. The van der Waals surface area contributed by atoms with Crippen molar-refractivity contribution in [1.29, 1.82) is 0 Å². The maximum absolute atomic E-state index is 12.5. The number of pyridine rings is 1. The van der Waals surface area contributed by atoms with E-state index in [9.17, 15) is 18.0 Å². The number of anilines is 1. The Labute approximate surface area is 170 Å². The molecule has 0 spiro atoms. The second-order valence-corrected chi connectivity index (χ2v) is 6.35. The van der Waals surface area contributed by atoms with Crippen LogP contribution in [0.5, 0.6) is 5.75 Å². The number of para-hydroxylation sites is 2. The molecule has 0 radical (unpaired) electrons. The molecule has 6 nitrogen and oxygen atoms in total. The van der Waals surface area contributed by atoms with Crippen molar-refractivity contribution in [1.82, 2.24) is 4.57 Å². The molecule has 156 valence electrons. The summed E-state index contributed by atoms with van der Waals surface area (Å²) in [6, 6.07) is 18.0. The number of aliphatic imine (C=N–C) groups is 1. The first-order valence-corrected chi connectivity index (χ1v) is 8.95. The Hall–Kier alpha value is -3.75. The SMILES string of the molecule is NC(=NCc1ccc(Cn2ccccc2=O)cc1)Nc1ccccc1OC(F)(F)F. The molecule has 0 bridgehead atoms. The number of hydrogen-bond donors (Lipinski definition) is 2. The highest BCUT2D eigenvalue weighted by Crippen LogP contribution is 2.29. The number of hydrogen-bond acceptors (Lipinski definition) is 3. The largest absolute Gasteiger partial charge is 0.573 e. The van der Waals surface area contributed by atoms with Gasteiger partial charge in [-0.3, -0.25) is 4.79 Å². The minimum absolute atomic E-state index is 0.0480. The predicted octanol–water partition coefficient (Wildman–Crippen LogP) is 3.72. The number of aromatic nitrogens is 1. The molecule has 0 atom stereocenters. The molecule has 0 fully saturated rings. The number of nitrogens with one attached hydrogen (secondary N) is 1. The highest BCUT2D eigenvalue weighted by atomic mass is 19.4. The summed E-state index contributed by atoms with van der Waals surface area (Å²) in [4.78, 5) is 15.9. The van der Waals surface area contributed by atoms with Crippen LogP contribution in [0, 0.1) is 0 Å². The number of nitrogens with two attached hydrogens (primary N) is 1. The van der Waals surface area contributed by atoms with Gasteiger partial charge in [0, 0.05) is 12.3 Å². The van der Waals surface area contributed by atoms with E-state index in [0.717, 1.165) is 11.1 Å². The van der Waals surface area contributed by atoms with Crippen LogP contribution in [0.25, 0.3) is 0 Å². The summed E-state index contributed by atoms with van der Waals surface area (Å²) in [6.45, 7) is 0.676. The van der Waals surface area contributed by atoms with Crippen molar-refractivity contribution >= 4 is 11.6 Å². The van der Waals surface area contributed by atoms with E-state index >= 15 is 0 Å². The quantitative estimate of drug-likeness (QED) is 0.474. The minimum atomic E-state index is -4.81. The Morgan fingerprint density at radius 1 is 1.00 bits per heavy atom. The Bertz CT molecular complexity index is 1080. The number of halogens is 3. The third kappa shape index (κ3) is 6.13. The topological polar surface area (TPSA) is 81.6 Å². The Morgan fingerprint density at radius 3 is 2.37 bits per heavy atom. The Morgan fingerprint density at radius 2 is 1.67 bits per heavy atom. The Balaban J connectivity index is 1.62. The lowest BCUT2D eigenvalue weighted by Crippen LogP contribution is -2.24. The molecule has 0 aliphatic heterocycles. The van der Waals surface area contributed by atoms with Gasteiger partial charge in [-0.1, -0.05) is 42.5 Å². The molecule has 9 heteroatoms. The van der Waals surface area contributed by atoms with Gasteiger partial charge in [-0.25, -0.2) is 4.99 Å². The zero-order valence-corrected chi connectivity index (χ0v) is 15.8. The van der Waals surface area contributed by atoms with E-state index in [1.807, 2.05) is 24.3 Å². The van der Waals surface area contributed by atoms with E-state index in [1.54, 1.807) is 29.0 Å². The number of guanidine groups is 1. The normalized spacial score (nSPS) is 11.9. The molecule has 0 aliphatic rings. The summed E-state index contributed by atoms with van der Waals surface area (Å²) in [7, 11) is 0. The van der Waals surface area contributed by atoms with E-state index in [1.165, 1.54) is 24.3 Å². The van der Waals surface area contributed by atoms with E-state index in [2.05, 4.69) is 15.0 Å². The second kappa shape index (κ2) is 9.17. The summed E-state index contributed by atoms with van der Waals surface area (Å²) < 4.78 is 43.0. The summed E-state index contributed by atoms with van der Waals surface area (Å²) in [5.74, 6) is -0.447. The van der Waals surface area contributed by atoms with Crippen molar-refractivity contribution in [3.8, 4) is 5.75 Å². The van der Waals surface area contributed by atoms with Crippen molar-refractivity contribution in [3.63, 3.8) is 0 Å². The summed E-state index contributed by atoms with van der Waals surface area (Å²) in [5, 5.41) is 2.62. The fourth-order valence-corrected chi connectivity index (χ4v) is 2.68. The molecule has 0 unspecified atom stereocenters. The van der Waals surface area contributed by atoms with Gasteiger partial charge in [0.2, 0.25) is 0 Å². The average molecular weight is 416 g/mol. The summed E-state index contributed by atoms with van der Waals surface area (Å²) in [6.07, 6.45) is -3.09. The molecule has 0 aliphatic carbocycles. The van der Waals surface area contributed by atoms with Crippen molar-refractivity contribution in [2.75, 3.05) is 5.32 Å². The third-order valence-corrected chi connectivity index (χ3v) is 4.08. The monoisotopic (exact) mass is 416 g/mol. The van der Waals surface area contributed by atoms with Crippen molar-refractivity contribution in [2.45, 2.75) is 19.5 Å². The average Bonchev–Trinajstić information content (AvgIpc) is 2.70. The zero-order valence-electron chi connectivity index (χ0n) is 15.8. The Kier molecular flexibility index (Phi) is 6.41. The minimum Gasteiger partial charge on any atom is -0.404 e. The van der Waals surface area contributed by atoms with Crippen LogP contribution >= 0.6 is 0 Å². The number of rotatable bonds is 6. The van der Waals surface area contributed by atoms with Crippen LogP contribution in [0.1, 0.15) is 11.1 Å². The fourth-order valence-electron chi connectivity index (χ4n) is 2.68. The van der Waals surface area contributed by atoms with Crippen LogP contribution in [0.2, 0.25) is 0 Å². The van der Waals surface area contributed by atoms with Crippen LogP contribution < -0.4 is 21.3 Å². The fraction of sp³-hybridized carbons (Fsp3) is 0.143. The first kappa shape index (κ1) is 21.0. The summed E-state index contributed by atoms with van der Waals surface area (Å²) >= 11 is 0. The van der Waals surface area contributed by atoms with Crippen LogP contribution in [0.4, 0.5) is 18.9 Å². The molecule has 30 heavy (non-hydrogen) atoms. The van der Waals surface area contributed by atoms with Gasteiger partial charge in [0.05, 0.1) is 18.8 Å². The van der Waals surface area contributed by atoms with Crippen molar-refractivity contribution in [2.24, 2.45) is 10.7 Å². The number of alkyl halides is 3. The smallest absolute Gasteiger partial charge is 0.404 e. The van der Waals surface area contributed by atoms with Gasteiger partial charge in [-0.05, 0) is 29.3 Å². The van der Waals surface area contributed by atoms with Crippen LogP contribution in [-0.4, -0.2) is 16.9 Å². The van der Waals surface area contributed by atoms with E-state index in [4.69, 9.17) is 5.73 Å². The van der Waals surface area contributed by atoms with Crippen LogP contribution in [0.15, 0.2) is 82.7 Å². The first-order chi connectivity index (χ1) is 14.3. The molecule has 2 aromatic carbocycles. The van der Waals surface area contributed by atoms with Crippen molar-refractivity contribution in [3.05, 3.63) is 94.4 Å². The highest BCUT2D eigenvalue weighted by Gasteiger charge is 2.32. The predicted molar refractivity (Wildman–Crippen MR) is 108 cm³/mol. The molecular weight excluding hydrogens is 397 g/mol. The zero-order chi connectivity index (χ0) is 21.6. The number of benzene rings is 2. The summed E-state index contributed by atoms with van der Waals surface area (Å²) in [5.41, 5.74) is 7.57. The maximum Gasteiger partial charge on any atom is 0.573 e. The molecule has 1 heterocycles. The van der Waals surface area contributed by atoms with Gasteiger partial charge < -0.3 is 20.4 Å². The van der Waals surface area contributed by atoms with E-state index < -0.39 is 12.1 Å². The van der Waals surface area contributed by atoms with Gasteiger partial charge >= 0.3 is 6.36 Å². The van der Waals surface area contributed by atoms with E-state index in [-0.39, 0.29) is 23.8 Å². The molecule has 3 rings (SSSR count). The third-order valence-electron chi connectivity index (χ3n) is 4.08. The lowest BCUT2D eigenvalue weighted by atomic mass is 10.1. The molecule has 3 aromatic rings. The number of nitrogens with zero attached hydrogens (tertiary/aromatic N) is 2. The van der Waals surface area contributed by atoms with Gasteiger partial charge in [-0.2, -0.15) is 0 Å². The van der Waals surface area contributed by atoms with Crippen LogP contribution in [-0.2, 0) is 13.1 Å². The molecule has 1 aromatic heterocycles. The van der Waals surface area contributed by atoms with E-state index in [0.29, 0.717) is 6.54 Å². The van der Waals surface area contributed by atoms with Gasteiger partial charge in [-0.15, -0.1) is 13.2 Å². The lowest BCUT2D eigenvalue weighted by Gasteiger charge is -2.14. The first-order valence-electron chi connectivity index (χ1n) is 8.95. The molecule has 0 amide bonds. The second-order valence-electron chi connectivity index (χ2n) is 6.35. The number of ether oxygens (including phenoxy) is 1. The molecule has 3 N–H and O–H groups in total. The maximum atomic E-state index is 12.5. The van der Waals surface area contributed by atoms with Gasteiger partial charge in [0.15, 0.2) is 11.7 Å². The molecular formula is C21H19F3N4O2. The van der Waals surface area contributed by atoms with Crippen molar-refractivity contribution < 1.29 is 17.9 Å². The van der Waals surface area contributed by atoms with Crippen LogP contribution in [0.3, 0.4) is 0 Å². The van der Waals surface area contributed by atoms with Gasteiger partial charge in [0.1, 0.15) is 0 Å². The van der Waals surface area contributed by atoms with Gasteiger partial charge in [0.25, 0.3) is 5.56 Å².